The summed E-state index contributed by atoms with van der Waals surface area (Å²) in [7, 11) is 0. The van der Waals surface area contributed by atoms with E-state index in [4.69, 9.17) is 4.74 Å². The Balaban J connectivity index is 1.76. The van der Waals surface area contributed by atoms with Gasteiger partial charge in [-0.2, -0.15) is 0 Å². The maximum Gasteiger partial charge on any atom is 0.509 e. The van der Waals surface area contributed by atoms with Gasteiger partial charge < -0.3 is 17.7 Å². The standard InChI is InChI=1S/C16H12BF3NO/c18-17(19,20)14-4-1-5-15(10-14)22-11-12-6-7-16-13(9-12)3-2-8-21-16/h1-10H,11H2/q-1. The van der Waals surface area contributed by atoms with Crippen molar-refractivity contribution in [3.05, 3.63) is 66.4 Å². The summed E-state index contributed by atoms with van der Waals surface area (Å²) >= 11 is 0. The van der Waals surface area contributed by atoms with E-state index in [0.717, 1.165) is 28.6 Å². The Morgan fingerprint density at radius 3 is 2.64 bits per heavy atom. The SMILES string of the molecule is F[B-](F)(F)c1cccc(OCc2ccc3ncccc3c2)c1. The van der Waals surface area contributed by atoms with Gasteiger partial charge in [-0.1, -0.05) is 24.3 Å². The molecular formula is C16H12BF3NO-. The van der Waals surface area contributed by atoms with E-state index in [0.29, 0.717) is 0 Å². The summed E-state index contributed by atoms with van der Waals surface area (Å²) < 4.78 is 43.6. The zero-order valence-corrected chi connectivity index (χ0v) is 11.5. The van der Waals surface area contributed by atoms with Gasteiger partial charge in [-0.15, -0.1) is 5.46 Å². The van der Waals surface area contributed by atoms with Crippen LogP contribution in [0, 0.1) is 0 Å². The monoisotopic (exact) mass is 302 g/mol. The average molecular weight is 302 g/mol. The lowest BCUT2D eigenvalue weighted by Gasteiger charge is -2.16. The average Bonchev–Trinajstić information content (AvgIpc) is 2.52. The molecule has 0 N–H and O–H groups in total. The first-order chi connectivity index (χ1) is 10.5. The van der Waals surface area contributed by atoms with Gasteiger partial charge in [0.15, 0.2) is 0 Å². The number of halogens is 3. The number of aromatic nitrogens is 1. The van der Waals surface area contributed by atoms with Gasteiger partial charge in [0.05, 0.1) is 5.52 Å². The summed E-state index contributed by atoms with van der Waals surface area (Å²) in [5.74, 6) is 0.211. The van der Waals surface area contributed by atoms with Crippen molar-refractivity contribution < 1.29 is 17.7 Å². The number of hydrogen-bond acceptors (Lipinski definition) is 2. The molecule has 0 spiro atoms. The van der Waals surface area contributed by atoms with Crippen LogP contribution < -0.4 is 10.2 Å². The molecule has 6 heteroatoms. The van der Waals surface area contributed by atoms with Crippen LogP contribution in [0.5, 0.6) is 5.75 Å². The van der Waals surface area contributed by atoms with E-state index in [9.17, 15) is 12.9 Å². The van der Waals surface area contributed by atoms with Crippen molar-refractivity contribution in [3.63, 3.8) is 0 Å². The minimum atomic E-state index is -5.01. The third-order valence-electron chi connectivity index (χ3n) is 3.31. The summed E-state index contributed by atoms with van der Waals surface area (Å²) in [5.41, 5.74) is 1.09. The van der Waals surface area contributed by atoms with Crippen LogP contribution in [0.25, 0.3) is 10.9 Å². The highest BCUT2D eigenvalue weighted by Gasteiger charge is 2.25. The predicted molar refractivity (Wildman–Crippen MR) is 81.2 cm³/mol. The second kappa shape index (κ2) is 5.71. The van der Waals surface area contributed by atoms with Crippen LogP contribution in [0.4, 0.5) is 12.9 Å². The normalized spacial score (nSPS) is 11.6. The number of ether oxygens (including phenoxy) is 1. The van der Waals surface area contributed by atoms with Crippen LogP contribution in [0.3, 0.4) is 0 Å². The third kappa shape index (κ3) is 3.22. The maximum atomic E-state index is 12.7. The van der Waals surface area contributed by atoms with E-state index >= 15 is 0 Å². The quantitative estimate of drug-likeness (QED) is 0.683. The Kier molecular flexibility index (Phi) is 3.75. The van der Waals surface area contributed by atoms with Gasteiger partial charge >= 0.3 is 6.98 Å². The molecule has 0 fully saturated rings. The zero-order chi connectivity index (χ0) is 15.6. The molecule has 0 aliphatic heterocycles. The lowest BCUT2D eigenvalue weighted by Crippen LogP contribution is -2.33. The molecule has 0 saturated heterocycles. The molecule has 0 radical (unpaired) electrons. The Hall–Kier alpha value is -2.50. The molecule has 0 saturated carbocycles. The van der Waals surface area contributed by atoms with E-state index in [-0.39, 0.29) is 12.4 Å². The van der Waals surface area contributed by atoms with Crippen LogP contribution in [0.2, 0.25) is 0 Å². The molecule has 2 aromatic carbocycles. The molecule has 0 bridgehead atoms. The first-order valence-electron chi connectivity index (χ1n) is 6.79. The molecule has 0 atom stereocenters. The van der Waals surface area contributed by atoms with E-state index in [1.165, 1.54) is 12.1 Å². The third-order valence-corrected chi connectivity index (χ3v) is 3.31. The van der Waals surface area contributed by atoms with Crippen molar-refractivity contribution in [3.8, 4) is 5.75 Å². The smallest absolute Gasteiger partial charge is 0.489 e. The number of hydrogen-bond donors (Lipinski definition) is 0. The number of nitrogens with zero attached hydrogens (tertiary/aromatic N) is 1. The summed E-state index contributed by atoms with van der Waals surface area (Å²) in [6.07, 6.45) is 1.71. The fraction of sp³-hybridized carbons (Fsp3) is 0.0625. The van der Waals surface area contributed by atoms with Crippen molar-refractivity contribution in [2.75, 3.05) is 0 Å². The lowest BCUT2D eigenvalue weighted by atomic mass is 9.80. The van der Waals surface area contributed by atoms with Gasteiger partial charge in [0, 0.05) is 11.6 Å². The lowest BCUT2D eigenvalue weighted by molar-refractivity contribution is 0.306. The maximum absolute atomic E-state index is 12.7. The van der Waals surface area contributed by atoms with E-state index < -0.39 is 12.4 Å². The fourth-order valence-corrected chi connectivity index (χ4v) is 2.19. The molecule has 1 heterocycles. The van der Waals surface area contributed by atoms with E-state index in [1.807, 2.05) is 30.3 Å². The van der Waals surface area contributed by atoms with Gasteiger partial charge in [-0.05, 0) is 35.9 Å². The van der Waals surface area contributed by atoms with Crippen molar-refractivity contribution in [1.82, 2.24) is 4.98 Å². The Labute approximate surface area is 125 Å². The van der Waals surface area contributed by atoms with Crippen LogP contribution in [-0.2, 0) is 6.61 Å². The molecular weight excluding hydrogens is 290 g/mol. The van der Waals surface area contributed by atoms with Gasteiger partial charge in [-0.25, -0.2) is 0 Å². The molecule has 0 amide bonds. The molecule has 112 valence electrons. The number of rotatable bonds is 4. The molecule has 3 rings (SSSR count). The van der Waals surface area contributed by atoms with Crippen molar-refractivity contribution in [1.29, 1.82) is 0 Å². The summed E-state index contributed by atoms with van der Waals surface area (Å²) in [4.78, 5) is 4.22. The molecule has 0 unspecified atom stereocenters. The topological polar surface area (TPSA) is 22.1 Å². The van der Waals surface area contributed by atoms with Gasteiger partial charge in [0.2, 0.25) is 0 Å². The number of fused-ring (bicyclic) bond motifs is 1. The summed E-state index contributed by atoms with van der Waals surface area (Å²) in [5, 5.41) is 0.968. The first-order valence-corrected chi connectivity index (χ1v) is 6.79. The minimum Gasteiger partial charge on any atom is -0.489 e. The molecule has 22 heavy (non-hydrogen) atoms. The second-order valence-electron chi connectivity index (χ2n) is 4.97. The number of benzene rings is 2. The van der Waals surface area contributed by atoms with Gasteiger partial charge in [0.25, 0.3) is 0 Å². The Morgan fingerprint density at radius 1 is 0.955 bits per heavy atom. The highest BCUT2D eigenvalue weighted by atomic mass is 19.4. The summed E-state index contributed by atoms with van der Waals surface area (Å²) in [6, 6.07) is 14.4. The van der Waals surface area contributed by atoms with E-state index in [1.54, 1.807) is 6.20 Å². The van der Waals surface area contributed by atoms with Gasteiger partial charge in [-0.3, -0.25) is 4.98 Å². The largest absolute Gasteiger partial charge is 0.509 e. The summed E-state index contributed by atoms with van der Waals surface area (Å²) in [6.45, 7) is -4.80. The zero-order valence-electron chi connectivity index (χ0n) is 11.5. The molecule has 1 aromatic heterocycles. The number of pyridine rings is 1. The van der Waals surface area contributed by atoms with E-state index in [2.05, 4.69) is 4.98 Å². The fourth-order valence-electron chi connectivity index (χ4n) is 2.19. The molecule has 3 aromatic rings. The van der Waals surface area contributed by atoms with Crippen molar-refractivity contribution in [2.24, 2.45) is 0 Å². The second-order valence-corrected chi connectivity index (χ2v) is 4.97. The Morgan fingerprint density at radius 2 is 1.82 bits per heavy atom. The van der Waals surface area contributed by atoms with Crippen LogP contribution in [-0.4, -0.2) is 12.0 Å². The molecule has 0 aliphatic rings. The van der Waals surface area contributed by atoms with Crippen LogP contribution >= 0.6 is 0 Å². The van der Waals surface area contributed by atoms with Crippen molar-refractivity contribution in [2.45, 2.75) is 6.61 Å². The molecule has 2 nitrogen and oxygen atoms in total. The highest BCUT2D eigenvalue weighted by Crippen LogP contribution is 2.18. The molecule has 0 aliphatic carbocycles. The Bertz CT molecular complexity index is 804. The minimum absolute atomic E-state index is 0.207. The first kappa shape index (κ1) is 14.4. The van der Waals surface area contributed by atoms with Crippen LogP contribution in [0.15, 0.2) is 60.8 Å². The van der Waals surface area contributed by atoms with Crippen LogP contribution in [0.1, 0.15) is 5.56 Å². The predicted octanol–water partition coefficient (Wildman–Crippen LogP) is 3.87. The highest BCUT2D eigenvalue weighted by molar-refractivity contribution is 6.73. The van der Waals surface area contributed by atoms with Gasteiger partial charge in [0.1, 0.15) is 12.4 Å². The van der Waals surface area contributed by atoms with Crippen molar-refractivity contribution >= 4 is 23.3 Å².